The van der Waals surface area contributed by atoms with Gasteiger partial charge >= 0.3 is 0 Å². The lowest BCUT2D eigenvalue weighted by Crippen LogP contribution is -2.23. The minimum Gasteiger partial charge on any atom is -0.347 e. The number of halogens is 2. The number of rotatable bonds is 5. The van der Waals surface area contributed by atoms with Crippen LogP contribution in [-0.4, -0.2) is 10.9 Å². The molecule has 0 saturated heterocycles. The van der Waals surface area contributed by atoms with Gasteiger partial charge in [0.05, 0.1) is 5.01 Å². The molecule has 0 saturated carbocycles. The van der Waals surface area contributed by atoms with Gasteiger partial charge in [-0.3, -0.25) is 4.79 Å². The number of thiazole rings is 1. The van der Waals surface area contributed by atoms with Crippen molar-refractivity contribution in [1.82, 2.24) is 15.6 Å². The van der Waals surface area contributed by atoms with Crippen molar-refractivity contribution in [3.63, 3.8) is 0 Å². The van der Waals surface area contributed by atoms with Crippen molar-refractivity contribution in [3.05, 3.63) is 51.0 Å². The van der Waals surface area contributed by atoms with Gasteiger partial charge in [-0.25, -0.2) is 4.98 Å². The molecule has 0 spiro atoms. The fraction of sp³-hybridized carbons (Fsp3) is 0.412. The lowest BCUT2D eigenvalue weighted by Gasteiger charge is -2.06. The summed E-state index contributed by atoms with van der Waals surface area (Å²) in [6.07, 6.45) is 0.926. The number of benzene rings is 1. The van der Waals surface area contributed by atoms with E-state index >= 15 is 0 Å². The summed E-state index contributed by atoms with van der Waals surface area (Å²) in [5.74, 6) is 0.465. The highest BCUT2D eigenvalue weighted by Gasteiger charge is 2.13. The van der Waals surface area contributed by atoms with E-state index in [1.165, 1.54) is 11.1 Å². The standard InChI is InChI=1S/C17H21N3OS.2ClH/c1-11(2)5-16-20-15(10-22-16)17(21)19-7-12-3-4-13-8-18-9-14(13)6-12;;/h3-4,6,10-11,18H,5,7-9H2,1-2H3,(H,19,21);2*1H. The van der Waals surface area contributed by atoms with E-state index in [1.807, 2.05) is 5.38 Å². The SMILES string of the molecule is CC(C)Cc1nc(C(=O)NCc2ccc3c(c2)CNC3)cs1.Cl.Cl. The van der Waals surface area contributed by atoms with Gasteiger partial charge in [0.2, 0.25) is 0 Å². The van der Waals surface area contributed by atoms with Crippen LogP contribution in [0.3, 0.4) is 0 Å². The maximum absolute atomic E-state index is 12.2. The van der Waals surface area contributed by atoms with Crippen LogP contribution in [0.5, 0.6) is 0 Å². The normalized spacial score (nSPS) is 12.3. The highest BCUT2D eigenvalue weighted by molar-refractivity contribution is 7.09. The largest absolute Gasteiger partial charge is 0.347 e. The molecular weight excluding hydrogens is 365 g/mol. The van der Waals surface area contributed by atoms with E-state index in [1.54, 1.807) is 11.3 Å². The van der Waals surface area contributed by atoms with Gasteiger partial charge in [0, 0.05) is 31.4 Å². The fourth-order valence-corrected chi connectivity index (χ4v) is 3.58. The first-order valence-corrected chi connectivity index (χ1v) is 8.54. The van der Waals surface area contributed by atoms with E-state index in [9.17, 15) is 4.79 Å². The van der Waals surface area contributed by atoms with Crippen LogP contribution >= 0.6 is 36.2 Å². The average Bonchev–Trinajstić information content (AvgIpc) is 3.12. The number of aromatic nitrogens is 1. The van der Waals surface area contributed by atoms with Gasteiger partial charge < -0.3 is 10.6 Å². The Bertz CT molecular complexity index is 688. The van der Waals surface area contributed by atoms with Crippen LogP contribution in [0, 0.1) is 5.92 Å². The van der Waals surface area contributed by atoms with Gasteiger partial charge in [0.15, 0.2) is 0 Å². The Labute approximate surface area is 159 Å². The van der Waals surface area contributed by atoms with Crippen molar-refractivity contribution in [3.8, 4) is 0 Å². The van der Waals surface area contributed by atoms with Crippen molar-refractivity contribution in [2.24, 2.45) is 5.92 Å². The second kappa shape index (κ2) is 9.37. The summed E-state index contributed by atoms with van der Waals surface area (Å²) in [5, 5.41) is 9.16. The van der Waals surface area contributed by atoms with Crippen LogP contribution in [0.1, 0.15) is 46.0 Å². The first-order chi connectivity index (χ1) is 10.6. The van der Waals surface area contributed by atoms with E-state index in [-0.39, 0.29) is 30.7 Å². The third-order valence-electron chi connectivity index (χ3n) is 3.72. The summed E-state index contributed by atoms with van der Waals surface area (Å²) >= 11 is 1.56. The fourth-order valence-electron chi connectivity index (χ4n) is 2.59. The molecule has 2 N–H and O–H groups in total. The molecule has 0 unspecified atom stereocenters. The average molecular weight is 388 g/mol. The summed E-state index contributed by atoms with van der Waals surface area (Å²) in [5.41, 5.74) is 4.35. The monoisotopic (exact) mass is 387 g/mol. The highest BCUT2D eigenvalue weighted by atomic mass is 35.5. The van der Waals surface area contributed by atoms with Crippen molar-refractivity contribution < 1.29 is 4.79 Å². The number of hydrogen-bond donors (Lipinski definition) is 2. The number of hydrogen-bond acceptors (Lipinski definition) is 4. The molecule has 3 rings (SSSR count). The molecule has 1 aliphatic rings. The van der Waals surface area contributed by atoms with Crippen molar-refractivity contribution in [2.45, 2.75) is 39.9 Å². The van der Waals surface area contributed by atoms with Gasteiger partial charge in [-0.1, -0.05) is 32.0 Å². The van der Waals surface area contributed by atoms with Gasteiger partial charge in [-0.05, 0) is 22.6 Å². The Morgan fingerprint density at radius 1 is 1.29 bits per heavy atom. The van der Waals surface area contributed by atoms with Gasteiger partial charge in [0.25, 0.3) is 5.91 Å². The summed E-state index contributed by atoms with van der Waals surface area (Å²) in [7, 11) is 0. The maximum Gasteiger partial charge on any atom is 0.271 e. The Hall–Kier alpha value is -1.14. The van der Waals surface area contributed by atoms with Crippen LogP contribution in [0.4, 0.5) is 0 Å². The molecule has 1 aromatic carbocycles. The third-order valence-corrected chi connectivity index (χ3v) is 4.59. The predicted octanol–water partition coefficient (Wildman–Crippen LogP) is 3.72. The first kappa shape index (κ1) is 20.9. The van der Waals surface area contributed by atoms with E-state index in [2.05, 4.69) is 47.7 Å². The Morgan fingerprint density at radius 2 is 2.04 bits per heavy atom. The zero-order chi connectivity index (χ0) is 15.5. The number of carbonyl (C=O) groups is 1. The molecule has 4 nitrogen and oxygen atoms in total. The van der Waals surface area contributed by atoms with Crippen molar-refractivity contribution in [2.75, 3.05) is 0 Å². The second-order valence-electron chi connectivity index (χ2n) is 6.11. The summed E-state index contributed by atoms with van der Waals surface area (Å²) in [4.78, 5) is 16.6. The van der Waals surface area contributed by atoms with Gasteiger partial charge in [-0.2, -0.15) is 0 Å². The number of fused-ring (bicyclic) bond motifs is 1. The maximum atomic E-state index is 12.2. The molecule has 0 aliphatic carbocycles. The van der Waals surface area contributed by atoms with E-state index in [4.69, 9.17) is 0 Å². The molecule has 0 bridgehead atoms. The molecule has 24 heavy (non-hydrogen) atoms. The molecule has 0 atom stereocenters. The third kappa shape index (κ3) is 5.18. The van der Waals surface area contributed by atoms with Gasteiger partial charge in [0.1, 0.15) is 5.69 Å². The van der Waals surface area contributed by atoms with E-state index in [0.717, 1.165) is 30.1 Å². The highest BCUT2D eigenvalue weighted by Crippen LogP contribution is 2.17. The minimum atomic E-state index is -0.0927. The number of nitrogens with one attached hydrogen (secondary N) is 2. The van der Waals surface area contributed by atoms with Crippen LogP contribution in [-0.2, 0) is 26.1 Å². The molecule has 1 aliphatic heterocycles. The quantitative estimate of drug-likeness (QED) is 0.821. The second-order valence-corrected chi connectivity index (χ2v) is 7.06. The molecular formula is C17H23Cl2N3OS. The summed E-state index contributed by atoms with van der Waals surface area (Å²) in [6, 6.07) is 6.39. The lowest BCUT2D eigenvalue weighted by atomic mass is 10.1. The van der Waals surface area contributed by atoms with Crippen LogP contribution in [0.25, 0.3) is 0 Å². The molecule has 0 radical (unpaired) electrons. The summed E-state index contributed by atoms with van der Waals surface area (Å²) < 4.78 is 0. The summed E-state index contributed by atoms with van der Waals surface area (Å²) in [6.45, 7) is 6.72. The topological polar surface area (TPSA) is 54.0 Å². The number of nitrogens with zero attached hydrogens (tertiary/aromatic N) is 1. The minimum absolute atomic E-state index is 0. The van der Waals surface area contributed by atoms with E-state index < -0.39 is 0 Å². The van der Waals surface area contributed by atoms with Crippen LogP contribution < -0.4 is 10.6 Å². The smallest absolute Gasteiger partial charge is 0.271 e. The van der Waals surface area contributed by atoms with Crippen molar-refractivity contribution in [1.29, 1.82) is 0 Å². The molecule has 132 valence electrons. The molecule has 1 amide bonds. The lowest BCUT2D eigenvalue weighted by molar-refractivity contribution is 0.0946. The van der Waals surface area contributed by atoms with Crippen LogP contribution in [0.15, 0.2) is 23.6 Å². The number of amides is 1. The number of carbonyl (C=O) groups excluding carboxylic acids is 1. The predicted molar refractivity (Wildman–Crippen MR) is 103 cm³/mol. The first-order valence-electron chi connectivity index (χ1n) is 7.66. The molecule has 0 fully saturated rings. The molecule has 2 aromatic rings. The Morgan fingerprint density at radius 3 is 2.79 bits per heavy atom. The zero-order valence-electron chi connectivity index (χ0n) is 13.8. The Balaban J connectivity index is 0.00000144. The van der Waals surface area contributed by atoms with Crippen LogP contribution in [0.2, 0.25) is 0 Å². The molecule has 2 heterocycles. The zero-order valence-corrected chi connectivity index (χ0v) is 16.2. The Kier molecular flexibility index (Phi) is 8.16. The van der Waals surface area contributed by atoms with Gasteiger partial charge in [-0.15, -0.1) is 36.2 Å². The molecule has 7 heteroatoms. The van der Waals surface area contributed by atoms with Crippen molar-refractivity contribution >= 4 is 42.1 Å². The van der Waals surface area contributed by atoms with E-state index in [0.29, 0.717) is 18.2 Å². The molecule has 1 aromatic heterocycles.